The van der Waals surface area contributed by atoms with Crippen molar-refractivity contribution in [3.63, 3.8) is 0 Å². The van der Waals surface area contributed by atoms with Crippen LogP contribution >= 0.6 is 0 Å². The highest BCUT2D eigenvalue weighted by atomic mass is 19.1. The van der Waals surface area contributed by atoms with Crippen LogP contribution in [0.5, 0.6) is 0 Å². The van der Waals surface area contributed by atoms with E-state index >= 15 is 0 Å². The SMILES string of the molecule is CC[C@@H](CO)NC(=O)NC[C@@H](C)c1ccc(F)cc1F. The lowest BCUT2D eigenvalue weighted by molar-refractivity contribution is 0.214. The monoisotopic (exact) mass is 286 g/mol. The first-order valence-corrected chi connectivity index (χ1v) is 6.58. The Bertz CT molecular complexity index is 451. The number of hydrogen-bond acceptors (Lipinski definition) is 2. The second-order valence-electron chi connectivity index (χ2n) is 4.71. The summed E-state index contributed by atoms with van der Waals surface area (Å²) in [6.45, 7) is 3.67. The van der Waals surface area contributed by atoms with Crippen LogP contribution in [-0.2, 0) is 0 Å². The molecule has 0 saturated carbocycles. The zero-order chi connectivity index (χ0) is 15.1. The molecule has 4 nitrogen and oxygen atoms in total. The van der Waals surface area contributed by atoms with Gasteiger partial charge in [0.2, 0.25) is 0 Å². The molecule has 0 bridgehead atoms. The van der Waals surface area contributed by atoms with Crippen LogP contribution in [0.2, 0.25) is 0 Å². The molecular formula is C14H20F2N2O2. The normalized spacial score (nSPS) is 13.7. The standard InChI is InChI=1S/C14H20F2N2O2/c1-3-11(8-19)18-14(20)17-7-9(2)12-5-4-10(15)6-13(12)16/h4-6,9,11,19H,3,7-8H2,1-2H3,(H2,17,18,20)/t9-,11+/m1/s1. The van der Waals surface area contributed by atoms with Crippen LogP contribution in [0.1, 0.15) is 31.7 Å². The first kappa shape index (κ1) is 16.4. The van der Waals surface area contributed by atoms with Crippen molar-refractivity contribution in [3.05, 3.63) is 35.4 Å². The highest BCUT2D eigenvalue weighted by Gasteiger charge is 2.14. The van der Waals surface area contributed by atoms with E-state index in [-0.39, 0.29) is 25.1 Å². The van der Waals surface area contributed by atoms with Crippen molar-refractivity contribution in [2.75, 3.05) is 13.2 Å². The second-order valence-corrected chi connectivity index (χ2v) is 4.71. The predicted octanol–water partition coefficient (Wildman–Crippen LogP) is 2.14. The minimum atomic E-state index is -0.627. The third kappa shape index (κ3) is 4.77. The third-order valence-electron chi connectivity index (χ3n) is 3.11. The number of amides is 2. The number of aliphatic hydroxyl groups is 1. The molecule has 1 rings (SSSR count). The summed E-state index contributed by atoms with van der Waals surface area (Å²) in [5, 5.41) is 14.2. The van der Waals surface area contributed by atoms with E-state index in [4.69, 9.17) is 5.11 Å². The van der Waals surface area contributed by atoms with Gasteiger partial charge in [-0.05, 0) is 18.1 Å². The fourth-order valence-electron chi connectivity index (χ4n) is 1.77. The Hall–Kier alpha value is -1.69. The van der Waals surface area contributed by atoms with Crippen molar-refractivity contribution in [2.24, 2.45) is 0 Å². The summed E-state index contributed by atoms with van der Waals surface area (Å²) in [6.07, 6.45) is 0.617. The molecule has 0 saturated heterocycles. The van der Waals surface area contributed by atoms with Crippen LogP contribution in [0, 0.1) is 11.6 Å². The molecule has 0 heterocycles. The molecule has 2 amide bonds. The van der Waals surface area contributed by atoms with Gasteiger partial charge in [0.25, 0.3) is 0 Å². The molecule has 0 aromatic heterocycles. The van der Waals surface area contributed by atoms with Crippen molar-refractivity contribution >= 4 is 6.03 Å². The van der Waals surface area contributed by atoms with E-state index < -0.39 is 17.7 Å². The molecule has 1 aromatic rings. The van der Waals surface area contributed by atoms with Crippen molar-refractivity contribution < 1.29 is 18.7 Å². The molecule has 0 aliphatic rings. The fourth-order valence-corrected chi connectivity index (χ4v) is 1.77. The smallest absolute Gasteiger partial charge is 0.315 e. The lowest BCUT2D eigenvalue weighted by Crippen LogP contribution is -2.44. The summed E-state index contributed by atoms with van der Waals surface area (Å²) in [7, 11) is 0. The number of nitrogens with one attached hydrogen (secondary N) is 2. The Kier molecular flexibility index (Phi) is 6.38. The van der Waals surface area contributed by atoms with Crippen LogP contribution in [0.3, 0.4) is 0 Å². The number of aliphatic hydroxyl groups excluding tert-OH is 1. The summed E-state index contributed by atoms with van der Waals surface area (Å²) in [6, 6.07) is 2.67. The van der Waals surface area contributed by atoms with Gasteiger partial charge in [0.05, 0.1) is 12.6 Å². The molecule has 20 heavy (non-hydrogen) atoms. The molecule has 1 aromatic carbocycles. The lowest BCUT2D eigenvalue weighted by atomic mass is 10.0. The number of benzene rings is 1. The molecule has 0 aliphatic carbocycles. The van der Waals surface area contributed by atoms with Crippen molar-refractivity contribution in [1.82, 2.24) is 10.6 Å². The van der Waals surface area contributed by atoms with E-state index in [0.717, 1.165) is 6.07 Å². The number of hydrogen-bond donors (Lipinski definition) is 3. The van der Waals surface area contributed by atoms with E-state index in [1.54, 1.807) is 6.92 Å². The number of carbonyl (C=O) groups is 1. The second kappa shape index (κ2) is 7.79. The third-order valence-corrected chi connectivity index (χ3v) is 3.11. The number of halogens is 2. The van der Waals surface area contributed by atoms with Gasteiger partial charge in [-0.2, -0.15) is 0 Å². The van der Waals surface area contributed by atoms with Gasteiger partial charge in [-0.3, -0.25) is 0 Å². The number of carbonyl (C=O) groups excluding carboxylic acids is 1. The van der Waals surface area contributed by atoms with E-state index in [9.17, 15) is 13.6 Å². The summed E-state index contributed by atoms with van der Waals surface area (Å²) < 4.78 is 26.3. The van der Waals surface area contributed by atoms with E-state index in [1.807, 2.05) is 6.92 Å². The van der Waals surface area contributed by atoms with E-state index in [1.165, 1.54) is 12.1 Å². The maximum atomic E-state index is 13.5. The Morgan fingerprint density at radius 2 is 2.10 bits per heavy atom. The molecule has 6 heteroatoms. The van der Waals surface area contributed by atoms with Crippen LogP contribution in [0.4, 0.5) is 13.6 Å². The summed E-state index contributed by atoms with van der Waals surface area (Å²) in [5.41, 5.74) is 0.348. The molecule has 0 aliphatic heterocycles. The number of rotatable bonds is 6. The van der Waals surface area contributed by atoms with Gasteiger partial charge in [-0.15, -0.1) is 0 Å². The van der Waals surface area contributed by atoms with Crippen LogP contribution < -0.4 is 10.6 Å². The van der Waals surface area contributed by atoms with Gasteiger partial charge in [0.1, 0.15) is 11.6 Å². The first-order valence-electron chi connectivity index (χ1n) is 6.58. The molecule has 0 unspecified atom stereocenters. The minimum absolute atomic E-state index is 0.133. The highest BCUT2D eigenvalue weighted by Crippen LogP contribution is 2.18. The van der Waals surface area contributed by atoms with Gasteiger partial charge >= 0.3 is 6.03 Å². The van der Waals surface area contributed by atoms with Gasteiger partial charge in [0.15, 0.2) is 0 Å². The van der Waals surface area contributed by atoms with Crippen LogP contribution in [0.25, 0.3) is 0 Å². The maximum absolute atomic E-state index is 13.5. The van der Waals surface area contributed by atoms with Crippen molar-refractivity contribution in [2.45, 2.75) is 32.2 Å². The molecule has 2 atom stereocenters. The highest BCUT2D eigenvalue weighted by molar-refractivity contribution is 5.74. The molecule has 0 fully saturated rings. The average molecular weight is 286 g/mol. The molecule has 112 valence electrons. The maximum Gasteiger partial charge on any atom is 0.315 e. The fraction of sp³-hybridized carbons (Fsp3) is 0.500. The predicted molar refractivity (Wildman–Crippen MR) is 72.5 cm³/mol. The van der Waals surface area contributed by atoms with Gasteiger partial charge in [0, 0.05) is 18.5 Å². The zero-order valence-corrected chi connectivity index (χ0v) is 11.6. The van der Waals surface area contributed by atoms with Gasteiger partial charge < -0.3 is 15.7 Å². The quantitative estimate of drug-likeness (QED) is 0.750. The molecule has 3 N–H and O–H groups in total. The molecular weight excluding hydrogens is 266 g/mol. The summed E-state index contributed by atoms with van der Waals surface area (Å²) in [5.74, 6) is -1.53. The Morgan fingerprint density at radius 3 is 2.65 bits per heavy atom. The van der Waals surface area contributed by atoms with Crippen molar-refractivity contribution in [1.29, 1.82) is 0 Å². The topological polar surface area (TPSA) is 61.4 Å². The summed E-state index contributed by atoms with van der Waals surface area (Å²) >= 11 is 0. The molecule has 0 spiro atoms. The largest absolute Gasteiger partial charge is 0.394 e. The Labute approximate surface area is 117 Å². The molecule has 0 radical (unpaired) electrons. The minimum Gasteiger partial charge on any atom is -0.394 e. The van der Waals surface area contributed by atoms with E-state index in [2.05, 4.69) is 10.6 Å². The van der Waals surface area contributed by atoms with Gasteiger partial charge in [-0.1, -0.05) is 19.9 Å². The van der Waals surface area contributed by atoms with Crippen LogP contribution in [0.15, 0.2) is 18.2 Å². The van der Waals surface area contributed by atoms with Gasteiger partial charge in [-0.25, -0.2) is 13.6 Å². The van der Waals surface area contributed by atoms with E-state index in [0.29, 0.717) is 12.0 Å². The van der Waals surface area contributed by atoms with Crippen LogP contribution in [-0.4, -0.2) is 30.3 Å². The number of urea groups is 1. The summed E-state index contributed by atoms with van der Waals surface area (Å²) in [4.78, 5) is 11.6. The first-order chi connectivity index (χ1) is 9.47. The zero-order valence-electron chi connectivity index (χ0n) is 11.6. The average Bonchev–Trinajstić information content (AvgIpc) is 2.42. The van der Waals surface area contributed by atoms with Crippen molar-refractivity contribution in [3.8, 4) is 0 Å². The Balaban J connectivity index is 2.50. The Morgan fingerprint density at radius 1 is 1.40 bits per heavy atom. The lowest BCUT2D eigenvalue weighted by Gasteiger charge is -2.17.